The van der Waals surface area contributed by atoms with E-state index in [2.05, 4.69) is 24.0 Å². The molecule has 1 saturated heterocycles. The molecule has 0 aromatic heterocycles. The van der Waals surface area contributed by atoms with E-state index in [0.29, 0.717) is 32.7 Å². The van der Waals surface area contributed by atoms with Gasteiger partial charge in [0.1, 0.15) is 0 Å². The van der Waals surface area contributed by atoms with Gasteiger partial charge in [0.05, 0.1) is 6.54 Å². The standard InChI is InChI=1S/C23H27N3O3S/c1-19-17-21-9-5-6-10-22(21)26(19)18-23(27)24-12-14-25(15-13-24)30(28,29)16-11-20-7-3-2-4-8-20/h2-11,16,19H,12-15,17-18H2,1H3/b16-11+/t19-/m0/s1. The zero-order valence-corrected chi connectivity index (χ0v) is 18.0. The Morgan fingerprint density at radius 3 is 2.40 bits per heavy atom. The molecule has 30 heavy (non-hydrogen) atoms. The molecule has 1 amide bonds. The predicted octanol–water partition coefficient (Wildman–Crippen LogP) is 2.58. The molecule has 2 aliphatic rings. The van der Waals surface area contributed by atoms with Gasteiger partial charge in [0.25, 0.3) is 0 Å². The van der Waals surface area contributed by atoms with E-state index < -0.39 is 10.0 Å². The minimum Gasteiger partial charge on any atom is -0.359 e. The number of carbonyl (C=O) groups is 1. The normalized spacial score (nSPS) is 20.0. The van der Waals surface area contributed by atoms with E-state index in [4.69, 9.17) is 0 Å². The molecule has 0 N–H and O–H groups in total. The Kier molecular flexibility index (Phi) is 5.92. The second-order valence-electron chi connectivity index (χ2n) is 7.85. The highest BCUT2D eigenvalue weighted by Crippen LogP contribution is 2.31. The van der Waals surface area contributed by atoms with Crippen LogP contribution in [0.15, 0.2) is 60.0 Å². The molecular formula is C23H27N3O3S. The lowest BCUT2D eigenvalue weighted by atomic mass is 10.1. The van der Waals surface area contributed by atoms with Crippen molar-refractivity contribution in [3.8, 4) is 0 Å². The highest BCUT2D eigenvalue weighted by Gasteiger charge is 2.31. The fourth-order valence-electron chi connectivity index (χ4n) is 4.12. The van der Waals surface area contributed by atoms with Gasteiger partial charge < -0.3 is 9.80 Å². The fraction of sp³-hybridized carbons (Fsp3) is 0.348. The third-order valence-electron chi connectivity index (χ3n) is 5.84. The van der Waals surface area contributed by atoms with E-state index >= 15 is 0 Å². The largest absolute Gasteiger partial charge is 0.359 e. The van der Waals surface area contributed by atoms with E-state index in [1.165, 1.54) is 15.3 Å². The van der Waals surface area contributed by atoms with Crippen molar-refractivity contribution in [1.82, 2.24) is 9.21 Å². The van der Waals surface area contributed by atoms with Gasteiger partial charge in [-0.1, -0.05) is 48.5 Å². The molecule has 0 aliphatic carbocycles. The molecule has 2 aromatic carbocycles. The Morgan fingerprint density at radius 1 is 1.00 bits per heavy atom. The van der Waals surface area contributed by atoms with Crippen LogP contribution in [-0.2, 0) is 21.2 Å². The van der Waals surface area contributed by atoms with Crippen LogP contribution in [0.4, 0.5) is 5.69 Å². The van der Waals surface area contributed by atoms with E-state index in [1.807, 2.05) is 42.5 Å². The van der Waals surface area contributed by atoms with Gasteiger partial charge in [-0.05, 0) is 36.6 Å². The van der Waals surface area contributed by atoms with Crippen molar-refractivity contribution >= 4 is 27.7 Å². The molecule has 0 spiro atoms. The SMILES string of the molecule is C[C@H]1Cc2ccccc2N1CC(=O)N1CCN(S(=O)(=O)/C=C/c2ccccc2)CC1. The average Bonchev–Trinajstić information content (AvgIpc) is 3.08. The monoisotopic (exact) mass is 425 g/mol. The third kappa shape index (κ3) is 4.42. The maximum Gasteiger partial charge on any atom is 0.242 e. The first-order valence-corrected chi connectivity index (χ1v) is 11.8. The quantitative estimate of drug-likeness (QED) is 0.739. The van der Waals surface area contributed by atoms with Crippen LogP contribution in [0, 0.1) is 0 Å². The number of hydrogen-bond donors (Lipinski definition) is 0. The molecule has 7 heteroatoms. The number of sulfonamides is 1. The molecular weight excluding hydrogens is 398 g/mol. The van der Waals surface area contributed by atoms with Crippen LogP contribution in [0.2, 0.25) is 0 Å². The number of benzene rings is 2. The molecule has 158 valence electrons. The summed E-state index contributed by atoms with van der Waals surface area (Å²) in [5, 5.41) is 1.25. The summed E-state index contributed by atoms with van der Waals surface area (Å²) in [6.45, 7) is 3.94. The summed E-state index contributed by atoms with van der Waals surface area (Å²) in [5.74, 6) is 0.0513. The van der Waals surface area contributed by atoms with Crippen LogP contribution in [0.1, 0.15) is 18.1 Å². The lowest BCUT2D eigenvalue weighted by molar-refractivity contribution is -0.130. The first-order valence-electron chi connectivity index (χ1n) is 10.3. The van der Waals surface area contributed by atoms with Gasteiger partial charge in [-0.15, -0.1) is 0 Å². The van der Waals surface area contributed by atoms with Gasteiger partial charge >= 0.3 is 0 Å². The zero-order chi connectivity index (χ0) is 21.1. The van der Waals surface area contributed by atoms with E-state index in [0.717, 1.165) is 17.7 Å². The van der Waals surface area contributed by atoms with Gasteiger partial charge in [-0.3, -0.25) is 4.79 Å². The van der Waals surface area contributed by atoms with Crippen molar-refractivity contribution in [2.75, 3.05) is 37.6 Å². The maximum absolute atomic E-state index is 12.9. The highest BCUT2D eigenvalue weighted by molar-refractivity contribution is 7.92. The number of rotatable bonds is 5. The Bertz CT molecular complexity index is 1030. The minimum atomic E-state index is -3.50. The van der Waals surface area contributed by atoms with Gasteiger partial charge in [0, 0.05) is 43.3 Å². The molecule has 2 aromatic rings. The molecule has 0 unspecified atom stereocenters. The number of carbonyl (C=O) groups excluding carboxylic acids is 1. The van der Waals surface area contributed by atoms with E-state index in [-0.39, 0.29) is 11.9 Å². The van der Waals surface area contributed by atoms with Crippen LogP contribution in [-0.4, -0.2) is 62.3 Å². The van der Waals surface area contributed by atoms with Gasteiger partial charge in [0.2, 0.25) is 15.9 Å². The summed E-state index contributed by atoms with van der Waals surface area (Å²) in [4.78, 5) is 16.8. The zero-order valence-electron chi connectivity index (χ0n) is 17.1. The molecule has 2 heterocycles. The number of anilines is 1. The fourth-order valence-corrected chi connectivity index (χ4v) is 5.30. The Morgan fingerprint density at radius 2 is 1.67 bits per heavy atom. The molecule has 4 rings (SSSR count). The molecule has 0 bridgehead atoms. The van der Waals surface area contributed by atoms with Gasteiger partial charge in [-0.2, -0.15) is 4.31 Å². The smallest absolute Gasteiger partial charge is 0.242 e. The summed E-state index contributed by atoms with van der Waals surface area (Å²) >= 11 is 0. The predicted molar refractivity (Wildman–Crippen MR) is 120 cm³/mol. The van der Waals surface area contributed by atoms with Crippen LogP contribution in [0.25, 0.3) is 6.08 Å². The topological polar surface area (TPSA) is 60.9 Å². The third-order valence-corrected chi connectivity index (χ3v) is 7.40. The number of amides is 1. The summed E-state index contributed by atoms with van der Waals surface area (Å²) in [6, 6.07) is 17.9. The summed E-state index contributed by atoms with van der Waals surface area (Å²) in [7, 11) is -3.50. The second-order valence-corrected chi connectivity index (χ2v) is 9.67. The van der Waals surface area contributed by atoms with Crippen molar-refractivity contribution < 1.29 is 13.2 Å². The number of para-hydroxylation sites is 1. The summed E-state index contributed by atoms with van der Waals surface area (Å²) < 4.78 is 26.7. The van der Waals surface area contributed by atoms with Crippen molar-refractivity contribution in [3.63, 3.8) is 0 Å². The lowest BCUT2D eigenvalue weighted by Gasteiger charge is -2.35. The van der Waals surface area contributed by atoms with Gasteiger partial charge in [-0.25, -0.2) is 8.42 Å². The van der Waals surface area contributed by atoms with Crippen molar-refractivity contribution in [1.29, 1.82) is 0 Å². The van der Waals surface area contributed by atoms with E-state index in [9.17, 15) is 13.2 Å². The van der Waals surface area contributed by atoms with Crippen molar-refractivity contribution in [2.45, 2.75) is 19.4 Å². The first-order chi connectivity index (χ1) is 14.4. The lowest BCUT2D eigenvalue weighted by Crippen LogP contribution is -2.52. The Labute approximate surface area is 178 Å². The average molecular weight is 426 g/mol. The first kappa shape index (κ1) is 20.6. The molecule has 0 radical (unpaired) electrons. The summed E-state index contributed by atoms with van der Waals surface area (Å²) in [5.41, 5.74) is 3.25. The van der Waals surface area contributed by atoms with Crippen molar-refractivity contribution in [2.24, 2.45) is 0 Å². The molecule has 6 nitrogen and oxygen atoms in total. The number of piperazine rings is 1. The molecule has 0 saturated carbocycles. The molecule has 1 atom stereocenters. The van der Waals surface area contributed by atoms with Crippen LogP contribution in [0.3, 0.4) is 0 Å². The molecule has 1 fully saturated rings. The minimum absolute atomic E-state index is 0.0513. The molecule has 2 aliphatic heterocycles. The second kappa shape index (κ2) is 8.62. The summed E-state index contributed by atoms with van der Waals surface area (Å²) in [6.07, 6.45) is 2.56. The highest BCUT2D eigenvalue weighted by atomic mass is 32.2. The number of fused-ring (bicyclic) bond motifs is 1. The van der Waals surface area contributed by atoms with Crippen LogP contribution >= 0.6 is 0 Å². The van der Waals surface area contributed by atoms with Crippen LogP contribution < -0.4 is 4.90 Å². The Hall–Kier alpha value is -2.64. The van der Waals surface area contributed by atoms with Gasteiger partial charge in [0.15, 0.2) is 0 Å². The van der Waals surface area contributed by atoms with Crippen LogP contribution in [0.5, 0.6) is 0 Å². The number of hydrogen-bond acceptors (Lipinski definition) is 4. The Balaban J connectivity index is 1.34. The number of nitrogens with zero attached hydrogens (tertiary/aromatic N) is 3. The van der Waals surface area contributed by atoms with E-state index in [1.54, 1.807) is 11.0 Å². The van der Waals surface area contributed by atoms with Crippen molar-refractivity contribution in [3.05, 3.63) is 71.1 Å². The maximum atomic E-state index is 12.9.